The lowest BCUT2D eigenvalue weighted by molar-refractivity contribution is -0.117. The Labute approximate surface area is 104 Å². The Bertz CT molecular complexity index is 402. The minimum Gasteiger partial charge on any atom is -0.330 e. The molecular weight excluding hydrogens is 247 g/mol. The molecule has 0 aliphatic carbocycles. The number of rotatable bonds is 2. The Morgan fingerprint density at radius 3 is 2.44 bits per heavy atom. The molecule has 1 fully saturated rings. The van der Waals surface area contributed by atoms with Crippen LogP contribution in [0.3, 0.4) is 0 Å². The van der Waals surface area contributed by atoms with E-state index in [9.17, 15) is 4.79 Å². The van der Waals surface area contributed by atoms with Crippen molar-refractivity contribution in [1.82, 2.24) is 0 Å². The highest BCUT2D eigenvalue weighted by Crippen LogP contribution is 2.29. The molecule has 1 aromatic carbocycles. The Balaban J connectivity index is 2.27. The van der Waals surface area contributed by atoms with Gasteiger partial charge in [0.25, 0.3) is 0 Å². The molecule has 0 bridgehead atoms. The van der Waals surface area contributed by atoms with E-state index >= 15 is 0 Å². The third-order valence-corrected chi connectivity index (χ3v) is 3.13. The number of nitrogens with zero attached hydrogens (tertiary/aromatic N) is 1. The van der Waals surface area contributed by atoms with Gasteiger partial charge in [-0.15, -0.1) is 0 Å². The summed E-state index contributed by atoms with van der Waals surface area (Å²) in [5, 5.41) is 1.07. The summed E-state index contributed by atoms with van der Waals surface area (Å²) in [6, 6.07) is 5.13. The molecule has 1 unspecified atom stereocenters. The zero-order valence-corrected chi connectivity index (χ0v) is 10.1. The van der Waals surface area contributed by atoms with Gasteiger partial charge in [0.15, 0.2) is 0 Å². The summed E-state index contributed by atoms with van der Waals surface area (Å²) >= 11 is 11.8. The number of nitrogens with two attached hydrogens (primary N) is 1. The number of anilines is 1. The first-order chi connectivity index (χ1) is 7.60. The maximum Gasteiger partial charge on any atom is 0.227 e. The maximum atomic E-state index is 11.8. The van der Waals surface area contributed by atoms with Crippen LogP contribution >= 0.6 is 23.2 Å². The molecule has 1 aliphatic heterocycles. The van der Waals surface area contributed by atoms with Gasteiger partial charge in [0.05, 0.1) is 0 Å². The summed E-state index contributed by atoms with van der Waals surface area (Å²) in [4.78, 5) is 13.4. The van der Waals surface area contributed by atoms with Crippen LogP contribution < -0.4 is 10.6 Å². The van der Waals surface area contributed by atoms with Gasteiger partial charge in [-0.25, -0.2) is 0 Å². The molecule has 16 heavy (non-hydrogen) atoms. The average Bonchev–Trinajstić information content (AvgIpc) is 2.58. The van der Waals surface area contributed by atoms with Gasteiger partial charge in [-0.05, 0) is 30.7 Å². The maximum absolute atomic E-state index is 11.8. The van der Waals surface area contributed by atoms with Crippen LogP contribution in [0.5, 0.6) is 0 Å². The van der Waals surface area contributed by atoms with Crippen molar-refractivity contribution >= 4 is 34.8 Å². The third-order valence-electron chi connectivity index (χ3n) is 2.70. The quantitative estimate of drug-likeness (QED) is 0.885. The largest absolute Gasteiger partial charge is 0.330 e. The topological polar surface area (TPSA) is 46.3 Å². The zero-order chi connectivity index (χ0) is 11.7. The second-order valence-corrected chi connectivity index (χ2v) is 4.81. The zero-order valence-electron chi connectivity index (χ0n) is 8.62. The molecule has 2 rings (SSSR count). The van der Waals surface area contributed by atoms with Crippen molar-refractivity contribution in [3.63, 3.8) is 0 Å². The van der Waals surface area contributed by atoms with E-state index in [-0.39, 0.29) is 11.8 Å². The first kappa shape index (κ1) is 11.7. The van der Waals surface area contributed by atoms with Crippen LogP contribution in [0.2, 0.25) is 10.0 Å². The smallest absolute Gasteiger partial charge is 0.227 e. The van der Waals surface area contributed by atoms with Gasteiger partial charge in [0, 0.05) is 28.7 Å². The van der Waals surface area contributed by atoms with Crippen LogP contribution in [0, 0.1) is 5.92 Å². The molecule has 1 aromatic rings. The van der Waals surface area contributed by atoms with Crippen molar-refractivity contribution in [3.05, 3.63) is 28.2 Å². The second kappa shape index (κ2) is 4.62. The third kappa shape index (κ3) is 2.32. The number of amides is 1. The average molecular weight is 259 g/mol. The highest BCUT2D eigenvalue weighted by atomic mass is 35.5. The monoisotopic (exact) mass is 258 g/mol. The fourth-order valence-electron chi connectivity index (χ4n) is 1.88. The number of benzene rings is 1. The standard InChI is InChI=1S/C11H12Cl2N2O/c12-8-2-9(13)4-10(3-8)15-6-7(5-14)1-11(15)16/h2-4,7H,1,5-6,14H2. The molecule has 1 amide bonds. The SMILES string of the molecule is NCC1CC(=O)N(c2cc(Cl)cc(Cl)c2)C1. The summed E-state index contributed by atoms with van der Waals surface area (Å²) < 4.78 is 0. The van der Waals surface area contributed by atoms with Crippen molar-refractivity contribution in [2.45, 2.75) is 6.42 Å². The molecule has 1 aliphatic rings. The Kier molecular flexibility index (Phi) is 3.38. The Morgan fingerprint density at radius 2 is 1.94 bits per heavy atom. The molecule has 3 nitrogen and oxygen atoms in total. The van der Waals surface area contributed by atoms with E-state index in [1.165, 1.54) is 0 Å². The van der Waals surface area contributed by atoms with Crippen molar-refractivity contribution in [2.75, 3.05) is 18.0 Å². The first-order valence-corrected chi connectivity index (χ1v) is 5.82. The second-order valence-electron chi connectivity index (χ2n) is 3.94. The van der Waals surface area contributed by atoms with Gasteiger partial charge in [-0.3, -0.25) is 4.79 Å². The van der Waals surface area contributed by atoms with Crippen molar-refractivity contribution in [3.8, 4) is 0 Å². The summed E-state index contributed by atoms with van der Waals surface area (Å²) in [6.45, 7) is 1.17. The van der Waals surface area contributed by atoms with Gasteiger partial charge in [-0.1, -0.05) is 23.2 Å². The first-order valence-electron chi connectivity index (χ1n) is 5.06. The molecule has 1 saturated heterocycles. The van der Waals surface area contributed by atoms with Crippen LogP contribution in [-0.4, -0.2) is 19.0 Å². The van der Waals surface area contributed by atoms with E-state index < -0.39 is 0 Å². The van der Waals surface area contributed by atoms with E-state index in [0.29, 0.717) is 29.6 Å². The van der Waals surface area contributed by atoms with Crippen LogP contribution in [0.25, 0.3) is 0 Å². The highest BCUT2D eigenvalue weighted by molar-refractivity contribution is 6.35. The predicted molar refractivity (Wildman–Crippen MR) is 66.0 cm³/mol. The van der Waals surface area contributed by atoms with Crippen molar-refractivity contribution < 1.29 is 4.79 Å². The molecule has 2 N–H and O–H groups in total. The van der Waals surface area contributed by atoms with E-state index in [4.69, 9.17) is 28.9 Å². The van der Waals surface area contributed by atoms with Crippen molar-refractivity contribution in [2.24, 2.45) is 11.7 Å². The molecule has 0 radical (unpaired) electrons. The lowest BCUT2D eigenvalue weighted by Crippen LogP contribution is -2.25. The summed E-state index contributed by atoms with van der Waals surface area (Å²) in [7, 11) is 0. The van der Waals surface area contributed by atoms with E-state index in [2.05, 4.69) is 0 Å². The molecule has 5 heteroatoms. The fourth-order valence-corrected chi connectivity index (χ4v) is 2.40. The minimum atomic E-state index is 0.0776. The van der Waals surface area contributed by atoms with Crippen LogP contribution in [0.4, 0.5) is 5.69 Å². The Hall–Kier alpha value is -0.770. The lowest BCUT2D eigenvalue weighted by atomic mass is 10.1. The summed E-state index contributed by atoms with van der Waals surface area (Å²) in [6.07, 6.45) is 0.501. The van der Waals surface area contributed by atoms with Gasteiger partial charge in [0.1, 0.15) is 0 Å². The molecule has 0 saturated carbocycles. The lowest BCUT2D eigenvalue weighted by Gasteiger charge is -2.17. The van der Waals surface area contributed by atoms with E-state index in [1.807, 2.05) is 0 Å². The highest BCUT2D eigenvalue weighted by Gasteiger charge is 2.29. The molecule has 0 aromatic heterocycles. The summed E-state index contributed by atoms with van der Waals surface area (Å²) in [5.41, 5.74) is 6.31. The number of carbonyl (C=O) groups excluding carboxylic acids is 1. The predicted octanol–water partition coefficient (Wildman–Crippen LogP) is 2.31. The van der Waals surface area contributed by atoms with Crippen LogP contribution in [0.15, 0.2) is 18.2 Å². The van der Waals surface area contributed by atoms with Crippen LogP contribution in [0.1, 0.15) is 6.42 Å². The number of halogens is 2. The van der Waals surface area contributed by atoms with Gasteiger partial charge < -0.3 is 10.6 Å². The fraction of sp³-hybridized carbons (Fsp3) is 0.364. The molecular formula is C11H12Cl2N2O. The van der Waals surface area contributed by atoms with Gasteiger partial charge >= 0.3 is 0 Å². The number of carbonyl (C=O) groups is 1. The molecule has 1 atom stereocenters. The molecule has 0 spiro atoms. The van der Waals surface area contributed by atoms with E-state index in [1.54, 1.807) is 23.1 Å². The van der Waals surface area contributed by atoms with Gasteiger partial charge in [-0.2, -0.15) is 0 Å². The summed E-state index contributed by atoms with van der Waals surface area (Å²) in [5.74, 6) is 0.305. The minimum absolute atomic E-state index is 0.0776. The van der Waals surface area contributed by atoms with Crippen LogP contribution in [-0.2, 0) is 4.79 Å². The van der Waals surface area contributed by atoms with Gasteiger partial charge in [0.2, 0.25) is 5.91 Å². The van der Waals surface area contributed by atoms with E-state index in [0.717, 1.165) is 5.69 Å². The molecule has 86 valence electrons. The normalized spacial score (nSPS) is 20.6. The Morgan fingerprint density at radius 1 is 1.31 bits per heavy atom. The molecule has 1 heterocycles. The number of hydrogen-bond donors (Lipinski definition) is 1. The number of hydrogen-bond acceptors (Lipinski definition) is 2. The van der Waals surface area contributed by atoms with Crippen molar-refractivity contribution in [1.29, 1.82) is 0 Å².